The van der Waals surface area contributed by atoms with Crippen LogP contribution in [0.2, 0.25) is 0 Å². The van der Waals surface area contributed by atoms with Crippen LogP contribution >= 0.6 is 0 Å². The largest absolute Gasteiger partial charge is 0.469 e. The third-order valence-electron chi connectivity index (χ3n) is 8.00. The molecule has 0 fully saturated rings. The Balaban J connectivity index is 1.43. The molecule has 0 aliphatic carbocycles. The Labute approximate surface area is 254 Å². The number of esters is 1. The van der Waals surface area contributed by atoms with Gasteiger partial charge in [0, 0.05) is 55.6 Å². The van der Waals surface area contributed by atoms with Crippen molar-refractivity contribution in [2.45, 2.75) is 51.2 Å². The monoisotopic (exact) mass is 600 g/mol. The van der Waals surface area contributed by atoms with Crippen molar-refractivity contribution in [1.82, 2.24) is 24.8 Å². The number of aromatic nitrogens is 5. The highest BCUT2D eigenvalue weighted by molar-refractivity contribution is 6.07. The van der Waals surface area contributed by atoms with Gasteiger partial charge in [0.15, 0.2) is 5.60 Å². The molecule has 230 valence electrons. The van der Waals surface area contributed by atoms with Crippen LogP contribution in [0.15, 0.2) is 71.8 Å². The zero-order valence-electron chi connectivity index (χ0n) is 24.8. The van der Waals surface area contributed by atoms with E-state index in [9.17, 15) is 19.5 Å². The molecule has 5 rings (SSSR count). The molecular weight excluding hydrogens is 564 g/mol. The molecule has 0 saturated carbocycles. The molecule has 1 aliphatic heterocycles. The zero-order valence-corrected chi connectivity index (χ0v) is 24.8. The fourth-order valence-electron chi connectivity index (χ4n) is 5.53. The Bertz CT molecular complexity index is 1750. The smallest absolute Gasteiger partial charge is 0.305 e. The molecule has 0 bridgehead atoms. The Hall–Kier alpha value is -4.68. The highest BCUT2D eigenvalue weighted by Gasteiger charge is 2.52. The lowest BCUT2D eigenvalue weighted by atomic mass is 9.82. The summed E-state index contributed by atoms with van der Waals surface area (Å²) in [5.41, 5.74) is -0.135. The van der Waals surface area contributed by atoms with E-state index in [1.807, 2.05) is 18.2 Å². The van der Waals surface area contributed by atoms with E-state index in [0.29, 0.717) is 72.2 Å². The number of benzene rings is 2. The van der Waals surface area contributed by atoms with E-state index in [0.717, 1.165) is 0 Å². The Morgan fingerprint density at radius 2 is 1.95 bits per heavy atom. The molecule has 12 nitrogen and oxygen atoms in total. The number of anilines is 1. The van der Waals surface area contributed by atoms with Crippen molar-refractivity contribution in [2.75, 3.05) is 25.2 Å². The van der Waals surface area contributed by atoms with E-state index in [1.54, 1.807) is 65.3 Å². The lowest BCUT2D eigenvalue weighted by Gasteiger charge is -2.28. The maximum absolute atomic E-state index is 13.9. The minimum Gasteiger partial charge on any atom is -0.469 e. The Kier molecular flexibility index (Phi) is 9.31. The van der Waals surface area contributed by atoms with Crippen LogP contribution in [-0.4, -0.2) is 67.1 Å². The number of carbonyl (C=O) groups is 2. The van der Waals surface area contributed by atoms with Gasteiger partial charge in [0.1, 0.15) is 0 Å². The minimum atomic E-state index is -1.90. The Morgan fingerprint density at radius 1 is 1.14 bits per heavy atom. The number of aryl methyl sites for hydroxylation is 1. The van der Waals surface area contributed by atoms with Crippen molar-refractivity contribution < 1.29 is 24.5 Å². The highest BCUT2D eigenvalue weighted by atomic mass is 16.5. The summed E-state index contributed by atoms with van der Waals surface area (Å²) < 4.78 is 7.68. The molecule has 1 amide bonds. The van der Waals surface area contributed by atoms with Crippen molar-refractivity contribution in [1.29, 1.82) is 0 Å². The molecule has 0 spiro atoms. The molecule has 4 aromatic rings. The van der Waals surface area contributed by atoms with Gasteiger partial charge in [-0.2, -0.15) is 9.78 Å². The van der Waals surface area contributed by atoms with Gasteiger partial charge in [-0.3, -0.25) is 19.1 Å². The molecule has 2 N–H and O–H groups in total. The fourth-order valence-corrected chi connectivity index (χ4v) is 5.53. The van der Waals surface area contributed by atoms with Crippen LogP contribution in [0.4, 0.5) is 5.69 Å². The summed E-state index contributed by atoms with van der Waals surface area (Å²) in [5.74, 6) is -1.41. The first-order valence-electron chi connectivity index (χ1n) is 14.7. The predicted molar refractivity (Wildman–Crippen MR) is 163 cm³/mol. The second-order valence-electron chi connectivity index (χ2n) is 10.9. The summed E-state index contributed by atoms with van der Waals surface area (Å²) in [6.07, 6.45) is 9.39. The number of aliphatic hydroxyl groups is 2. The van der Waals surface area contributed by atoms with E-state index in [2.05, 4.69) is 15.4 Å². The maximum Gasteiger partial charge on any atom is 0.305 e. The number of unbranched alkanes of at least 4 members (excludes halogenated alkanes) is 1. The van der Waals surface area contributed by atoms with Gasteiger partial charge < -0.3 is 19.8 Å². The minimum absolute atomic E-state index is 0.000228. The maximum atomic E-state index is 13.9. The van der Waals surface area contributed by atoms with E-state index in [4.69, 9.17) is 9.84 Å². The first-order valence-corrected chi connectivity index (χ1v) is 14.7. The van der Waals surface area contributed by atoms with E-state index in [-0.39, 0.29) is 24.6 Å². The van der Waals surface area contributed by atoms with E-state index >= 15 is 0 Å². The normalized spacial score (nSPS) is 17.0. The van der Waals surface area contributed by atoms with Crippen molar-refractivity contribution in [2.24, 2.45) is 5.92 Å². The number of rotatable bonds is 13. The van der Waals surface area contributed by atoms with Gasteiger partial charge in [0.25, 0.3) is 11.5 Å². The summed E-state index contributed by atoms with van der Waals surface area (Å²) in [5, 5.41) is 34.9. The van der Waals surface area contributed by atoms with Crippen LogP contribution in [0.5, 0.6) is 0 Å². The van der Waals surface area contributed by atoms with Gasteiger partial charge in [-0.05, 0) is 43.5 Å². The van der Waals surface area contributed by atoms with Crippen molar-refractivity contribution >= 4 is 28.3 Å². The number of aliphatic hydroxyl groups excluding tert-OH is 1. The standard InChI is InChI=1S/C32H36N6O6/c1-22(9-5-7-16-36-21-24(15-18-39)34-35-36)32(43)27-19-25(38-30(41)26-11-4-3-10-23(26)20-33-38)13-14-28(27)37(31(32)42)17-8-6-12-29(40)44-2/h3-5,9-11,13-14,19-22,39,43H,6-8,12,15-18H2,1-2H3/b9-5+/t22-,32+/m1/s1. The number of fused-ring (bicyclic) bond motifs is 2. The molecule has 44 heavy (non-hydrogen) atoms. The van der Waals surface area contributed by atoms with Crippen LogP contribution in [0, 0.1) is 5.92 Å². The number of amides is 1. The number of nitrogens with zero attached hydrogens (tertiary/aromatic N) is 6. The highest BCUT2D eigenvalue weighted by Crippen LogP contribution is 2.46. The third-order valence-corrected chi connectivity index (χ3v) is 8.00. The molecular formula is C32H36N6O6. The first-order chi connectivity index (χ1) is 21.3. The molecule has 1 aliphatic rings. The van der Waals surface area contributed by atoms with Crippen LogP contribution in [-0.2, 0) is 32.9 Å². The molecule has 2 aromatic carbocycles. The fraction of sp³-hybridized carbons (Fsp3) is 0.375. The lowest BCUT2D eigenvalue weighted by Crippen LogP contribution is -2.44. The summed E-state index contributed by atoms with van der Waals surface area (Å²) >= 11 is 0. The molecule has 12 heteroatoms. The van der Waals surface area contributed by atoms with E-state index in [1.165, 1.54) is 11.8 Å². The number of hydrogen-bond donors (Lipinski definition) is 2. The van der Waals surface area contributed by atoms with Crippen molar-refractivity contribution in [3.63, 3.8) is 0 Å². The molecule has 0 radical (unpaired) electrons. The van der Waals surface area contributed by atoms with Gasteiger partial charge in [-0.25, -0.2) is 0 Å². The summed E-state index contributed by atoms with van der Waals surface area (Å²) in [7, 11) is 1.34. The van der Waals surface area contributed by atoms with Gasteiger partial charge >= 0.3 is 5.97 Å². The van der Waals surface area contributed by atoms with Crippen LogP contribution in [0.1, 0.15) is 43.9 Å². The molecule has 3 heterocycles. The number of ether oxygens (including phenoxy) is 1. The number of carbonyl (C=O) groups excluding carboxylic acids is 2. The number of hydrogen-bond acceptors (Lipinski definition) is 9. The zero-order chi connectivity index (χ0) is 31.3. The van der Waals surface area contributed by atoms with Crippen molar-refractivity contribution in [3.05, 3.63) is 88.6 Å². The number of methoxy groups -OCH3 is 1. The van der Waals surface area contributed by atoms with Crippen LogP contribution in [0.25, 0.3) is 16.5 Å². The second-order valence-corrected chi connectivity index (χ2v) is 10.9. The molecule has 0 unspecified atom stereocenters. The summed E-state index contributed by atoms with van der Waals surface area (Å²) in [6, 6.07) is 12.3. The van der Waals surface area contributed by atoms with Crippen LogP contribution in [0.3, 0.4) is 0 Å². The van der Waals surface area contributed by atoms with Crippen molar-refractivity contribution in [3.8, 4) is 5.69 Å². The second kappa shape index (κ2) is 13.3. The topological polar surface area (TPSA) is 153 Å². The predicted octanol–water partition coefficient (Wildman–Crippen LogP) is 2.67. The van der Waals surface area contributed by atoms with Gasteiger partial charge in [0.05, 0.1) is 35.8 Å². The van der Waals surface area contributed by atoms with E-state index < -0.39 is 17.4 Å². The summed E-state index contributed by atoms with van der Waals surface area (Å²) in [4.78, 5) is 40.4. The average molecular weight is 601 g/mol. The lowest BCUT2D eigenvalue weighted by molar-refractivity contribution is -0.140. The molecule has 2 atom stereocenters. The Morgan fingerprint density at radius 3 is 2.75 bits per heavy atom. The molecule has 0 saturated heterocycles. The SMILES string of the molecule is COC(=O)CCCCN1C(=O)[C@](O)([C@H](C)/C=C/CCn2cc(CCO)nn2)c2cc(-n3ncc4ccccc4c3=O)ccc21. The number of allylic oxidation sites excluding steroid dienone is 1. The molecule has 2 aromatic heterocycles. The average Bonchev–Trinajstić information content (AvgIpc) is 3.57. The first kappa shape index (κ1) is 30.8. The van der Waals surface area contributed by atoms with Crippen LogP contribution < -0.4 is 10.5 Å². The quantitative estimate of drug-likeness (QED) is 0.134. The van der Waals surface area contributed by atoms with Gasteiger partial charge in [0.2, 0.25) is 0 Å². The van der Waals surface area contributed by atoms with Gasteiger partial charge in [-0.1, -0.05) is 42.5 Å². The van der Waals surface area contributed by atoms with Gasteiger partial charge in [-0.15, -0.1) is 5.10 Å². The summed E-state index contributed by atoms with van der Waals surface area (Å²) in [6.45, 7) is 2.62. The third kappa shape index (κ3) is 6.03.